The summed E-state index contributed by atoms with van der Waals surface area (Å²) >= 11 is 0. The van der Waals surface area contributed by atoms with Crippen molar-refractivity contribution in [3.05, 3.63) is 95.3 Å². The Hall–Kier alpha value is -3.98. The summed E-state index contributed by atoms with van der Waals surface area (Å²) in [6.45, 7) is 1.88. The van der Waals surface area contributed by atoms with Gasteiger partial charge in [-0.05, 0) is 48.9 Å². The molecule has 3 aromatic rings. The van der Waals surface area contributed by atoms with Gasteiger partial charge in [0.25, 0.3) is 11.8 Å². The number of pyridine rings is 1. The van der Waals surface area contributed by atoms with Crippen molar-refractivity contribution in [2.75, 3.05) is 5.32 Å². The summed E-state index contributed by atoms with van der Waals surface area (Å²) in [5.74, 6) is -0.792. The van der Waals surface area contributed by atoms with Crippen LogP contribution in [-0.4, -0.2) is 16.8 Å². The van der Waals surface area contributed by atoms with E-state index in [1.165, 1.54) is 6.07 Å². The summed E-state index contributed by atoms with van der Waals surface area (Å²) in [6.07, 6.45) is 0. The van der Waals surface area contributed by atoms with Gasteiger partial charge in [-0.3, -0.25) is 9.59 Å². The van der Waals surface area contributed by atoms with Crippen molar-refractivity contribution in [2.24, 2.45) is 0 Å². The third kappa shape index (κ3) is 4.59. The number of rotatable bonds is 5. The van der Waals surface area contributed by atoms with Crippen LogP contribution in [0, 0.1) is 11.3 Å². The summed E-state index contributed by atoms with van der Waals surface area (Å²) in [5, 5.41) is 14.4. The zero-order valence-electron chi connectivity index (χ0n) is 15.2. The van der Waals surface area contributed by atoms with E-state index in [1.807, 2.05) is 43.3 Å². The van der Waals surface area contributed by atoms with E-state index in [0.29, 0.717) is 11.3 Å². The molecule has 1 aromatic heterocycles. The van der Waals surface area contributed by atoms with Crippen molar-refractivity contribution in [1.82, 2.24) is 10.3 Å². The highest BCUT2D eigenvalue weighted by Gasteiger charge is 2.15. The molecule has 28 heavy (non-hydrogen) atoms. The largest absolute Gasteiger partial charge is 0.344 e. The Morgan fingerprint density at radius 3 is 2.18 bits per heavy atom. The molecule has 2 aromatic carbocycles. The minimum Gasteiger partial charge on any atom is -0.344 e. The lowest BCUT2D eigenvalue weighted by molar-refractivity contribution is 0.0934. The van der Waals surface area contributed by atoms with Crippen LogP contribution in [0.4, 0.5) is 5.69 Å². The topological polar surface area (TPSA) is 94.9 Å². The normalized spacial score (nSPS) is 11.1. The molecule has 1 heterocycles. The van der Waals surface area contributed by atoms with Gasteiger partial charge in [0.05, 0.1) is 17.7 Å². The van der Waals surface area contributed by atoms with Crippen LogP contribution in [0.1, 0.15) is 45.1 Å². The Bertz CT molecular complexity index is 1020. The lowest BCUT2D eigenvalue weighted by atomic mass is 10.1. The number of nitrogens with zero attached hydrogens (tertiary/aromatic N) is 2. The van der Waals surface area contributed by atoms with E-state index in [-0.39, 0.29) is 23.3 Å². The van der Waals surface area contributed by atoms with Gasteiger partial charge in [0.2, 0.25) is 0 Å². The number of hydrogen-bond donors (Lipinski definition) is 2. The van der Waals surface area contributed by atoms with Crippen molar-refractivity contribution >= 4 is 17.5 Å². The summed E-state index contributed by atoms with van der Waals surface area (Å²) in [6, 6.07) is 22.6. The second kappa shape index (κ2) is 8.60. The Kier molecular flexibility index (Phi) is 5.78. The van der Waals surface area contributed by atoms with E-state index in [2.05, 4.69) is 15.6 Å². The van der Waals surface area contributed by atoms with Crippen LogP contribution in [0.25, 0.3) is 0 Å². The molecule has 1 atom stereocenters. The number of hydrogen-bond acceptors (Lipinski definition) is 4. The molecule has 0 aliphatic rings. The molecule has 6 heteroatoms. The highest BCUT2D eigenvalue weighted by atomic mass is 16.2. The van der Waals surface area contributed by atoms with Crippen molar-refractivity contribution in [2.45, 2.75) is 13.0 Å². The predicted molar refractivity (Wildman–Crippen MR) is 106 cm³/mol. The summed E-state index contributed by atoms with van der Waals surface area (Å²) in [4.78, 5) is 29.1. The minimum atomic E-state index is -0.435. The first kappa shape index (κ1) is 18.8. The van der Waals surface area contributed by atoms with Gasteiger partial charge in [0, 0.05) is 5.69 Å². The molecule has 0 saturated heterocycles. The Labute approximate surface area is 162 Å². The minimum absolute atomic E-state index is 0.129. The first-order valence-corrected chi connectivity index (χ1v) is 8.71. The van der Waals surface area contributed by atoms with Crippen molar-refractivity contribution in [3.63, 3.8) is 0 Å². The zero-order valence-corrected chi connectivity index (χ0v) is 15.2. The molecule has 0 bridgehead atoms. The molecular formula is C22H18N4O2. The highest BCUT2D eigenvalue weighted by molar-refractivity contribution is 6.03. The molecule has 3 rings (SSSR count). The molecule has 0 saturated carbocycles. The van der Waals surface area contributed by atoms with Crippen LogP contribution in [-0.2, 0) is 0 Å². The molecular weight excluding hydrogens is 352 g/mol. The van der Waals surface area contributed by atoms with Crippen LogP contribution < -0.4 is 10.6 Å². The molecule has 0 spiro atoms. The lowest BCUT2D eigenvalue weighted by Crippen LogP contribution is -2.28. The van der Waals surface area contributed by atoms with E-state index in [0.717, 1.165) is 5.56 Å². The maximum Gasteiger partial charge on any atom is 0.274 e. The van der Waals surface area contributed by atoms with Gasteiger partial charge in [0.15, 0.2) is 0 Å². The summed E-state index contributed by atoms with van der Waals surface area (Å²) < 4.78 is 0. The maximum atomic E-state index is 12.5. The monoisotopic (exact) mass is 370 g/mol. The van der Waals surface area contributed by atoms with E-state index >= 15 is 0 Å². The number of nitriles is 1. The Morgan fingerprint density at radius 2 is 1.54 bits per heavy atom. The van der Waals surface area contributed by atoms with Gasteiger partial charge >= 0.3 is 0 Å². The smallest absolute Gasteiger partial charge is 0.274 e. The quantitative estimate of drug-likeness (QED) is 0.716. The second-order valence-corrected chi connectivity index (χ2v) is 6.16. The van der Waals surface area contributed by atoms with E-state index in [1.54, 1.807) is 36.4 Å². The predicted octanol–water partition coefficient (Wildman–Crippen LogP) is 3.70. The van der Waals surface area contributed by atoms with E-state index in [9.17, 15) is 9.59 Å². The van der Waals surface area contributed by atoms with Gasteiger partial charge in [0.1, 0.15) is 11.4 Å². The van der Waals surface area contributed by atoms with Gasteiger partial charge in [-0.15, -0.1) is 0 Å². The van der Waals surface area contributed by atoms with Crippen LogP contribution in [0.3, 0.4) is 0 Å². The fourth-order valence-corrected chi connectivity index (χ4v) is 2.61. The van der Waals surface area contributed by atoms with Crippen molar-refractivity contribution < 1.29 is 9.59 Å². The molecule has 2 amide bonds. The molecule has 6 nitrogen and oxygen atoms in total. The molecule has 0 aliphatic heterocycles. The fraction of sp³-hybridized carbons (Fsp3) is 0.0909. The summed E-state index contributed by atoms with van der Waals surface area (Å²) in [7, 11) is 0. The van der Waals surface area contributed by atoms with Gasteiger partial charge in [-0.1, -0.05) is 36.4 Å². The zero-order chi connectivity index (χ0) is 19.9. The molecule has 2 N–H and O–H groups in total. The van der Waals surface area contributed by atoms with Gasteiger partial charge in [-0.2, -0.15) is 5.26 Å². The standard InChI is InChI=1S/C22H18N4O2/c1-15(17-6-3-2-4-7-17)24-21(27)19-8-5-9-20(26-19)22(28)25-18-12-10-16(14-23)11-13-18/h2-13,15H,1H3,(H,24,27)(H,25,28). The van der Waals surface area contributed by atoms with Crippen molar-refractivity contribution in [1.29, 1.82) is 5.26 Å². The Balaban J connectivity index is 1.69. The fourth-order valence-electron chi connectivity index (χ4n) is 2.61. The molecule has 0 aliphatic carbocycles. The van der Waals surface area contributed by atoms with E-state index < -0.39 is 5.91 Å². The van der Waals surface area contributed by atoms with Crippen LogP contribution in [0.2, 0.25) is 0 Å². The first-order chi connectivity index (χ1) is 13.6. The number of anilines is 1. The average molecular weight is 370 g/mol. The third-order valence-electron chi connectivity index (χ3n) is 4.13. The van der Waals surface area contributed by atoms with Gasteiger partial charge in [-0.25, -0.2) is 4.98 Å². The number of benzene rings is 2. The van der Waals surface area contributed by atoms with Gasteiger partial charge < -0.3 is 10.6 Å². The highest BCUT2D eigenvalue weighted by Crippen LogP contribution is 2.13. The number of nitrogens with one attached hydrogen (secondary N) is 2. The summed E-state index contributed by atoms with van der Waals surface area (Å²) in [5.41, 5.74) is 2.31. The average Bonchev–Trinajstić information content (AvgIpc) is 2.75. The number of amides is 2. The second-order valence-electron chi connectivity index (χ2n) is 6.16. The maximum absolute atomic E-state index is 12.5. The number of carbonyl (C=O) groups excluding carboxylic acids is 2. The van der Waals surface area contributed by atoms with Crippen LogP contribution in [0.5, 0.6) is 0 Å². The molecule has 1 unspecified atom stereocenters. The Morgan fingerprint density at radius 1 is 0.893 bits per heavy atom. The first-order valence-electron chi connectivity index (χ1n) is 8.71. The third-order valence-corrected chi connectivity index (χ3v) is 4.13. The van der Waals surface area contributed by atoms with E-state index in [4.69, 9.17) is 5.26 Å². The van der Waals surface area contributed by atoms with Crippen molar-refractivity contribution in [3.8, 4) is 6.07 Å². The number of aromatic nitrogens is 1. The number of carbonyl (C=O) groups is 2. The molecule has 138 valence electrons. The molecule has 0 fully saturated rings. The van der Waals surface area contributed by atoms with Crippen LogP contribution >= 0.6 is 0 Å². The van der Waals surface area contributed by atoms with Crippen LogP contribution in [0.15, 0.2) is 72.8 Å². The molecule has 0 radical (unpaired) electrons. The lowest BCUT2D eigenvalue weighted by Gasteiger charge is -2.14. The SMILES string of the molecule is CC(NC(=O)c1cccc(C(=O)Nc2ccc(C#N)cc2)n1)c1ccccc1.